The van der Waals surface area contributed by atoms with Crippen LogP contribution in [0, 0.1) is 6.92 Å². The first-order chi connectivity index (χ1) is 6.18. The highest BCUT2D eigenvalue weighted by molar-refractivity contribution is 5.93. The molecule has 1 aromatic heterocycles. The lowest BCUT2D eigenvalue weighted by atomic mass is 10.2. The van der Waals surface area contributed by atoms with E-state index in [0.29, 0.717) is 17.2 Å². The van der Waals surface area contributed by atoms with Crippen molar-refractivity contribution in [3.05, 3.63) is 23.3 Å². The molecule has 1 aromatic rings. The van der Waals surface area contributed by atoms with Crippen molar-refractivity contribution in [2.45, 2.75) is 25.7 Å². The summed E-state index contributed by atoms with van der Waals surface area (Å²) in [6, 6.07) is 0. The molecule has 2 N–H and O–H groups in total. The van der Waals surface area contributed by atoms with Crippen LogP contribution in [0.15, 0.2) is 6.20 Å². The molecule has 13 heavy (non-hydrogen) atoms. The van der Waals surface area contributed by atoms with Crippen molar-refractivity contribution in [2.75, 3.05) is 0 Å². The standard InChI is InChI=1S/C9H11N3O/c1-5-7(8(10)13)4-11-9(12-5)6-2-3-6/h4,6H,2-3H2,1H3,(H2,10,13). The minimum absolute atomic E-state index is 0.421. The van der Waals surface area contributed by atoms with Gasteiger partial charge in [0.2, 0.25) is 0 Å². The summed E-state index contributed by atoms with van der Waals surface area (Å²) < 4.78 is 0. The summed E-state index contributed by atoms with van der Waals surface area (Å²) in [5.74, 6) is 0.906. The molecule has 68 valence electrons. The number of nitrogens with zero attached hydrogens (tertiary/aromatic N) is 2. The van der Waals surface area contributed by atoms with Gasteiger partial charge in [-0.3, -0.25) is 4.79 Å². The Morgan fingerprint density at radius 1 is 1.62 bits per heavy atom. The van der Waals surface area contributed by atoms with Gasteiger partial charge < -0.3 is 5.73 Å². The summed E-state index contributed by atoms with van der Waals surface area (Å²) >= 11 is 0. The zero-order valence-electron chi connectivity index (χ0n) is 7.45. The maximum Gasteiger partial charge on any atom is 0.252 e. The minimum Gasteiger partial charge on any atom is -0.365 e. The molecule has 1 saturated carbocycles. The minimum atomic E-state index is -0.458. The first-order valence-electron chi connectivity index (χ1n) is 4.32. The number of hydrogen-bond donors (Lipinski definition) is 1. The van der Waals surface area contributed by atoms with Gasteiger partial charge >= 0.3 is 0 Å². The second kappa shape index (κ2) is 2.80. The smallest absolute Gasteiger partial charge is 0.252 e. The van der Waals surface area contributed by atoms with Gasteiger partial charge in [-0.2, -0.15) is 0 Å². The number of aryl methyl sites for hydroxylation is 1. The fourth-order valence-electron chi connectivity index (χ4n) is 1.27. The Labute approximate surface area is 76.2 Å². The van der Waals surface area contributed by atoms with E-state index in [9.17, 15) is 4.79 Å². The van der Waals surface area contributed by atoms with Crippen molar-refractivity contribution in [1.29, 1.82) is 0 Å². The predicted octanol–water partition coefficient (Wildman–Crippen LogP) is 0.761. The average Bonchev–Trinajstić information content (AvgIpc) is 2.85. The van der Waals surface area contributed by atoms with Crippen LogP contribution in [0.3, 0.4) is 0 Å². The summed E-state index contributed by atoms with van der Waals surface area (Å²) in [6.07, 6.45) is 3.85. The van der Waals surface area contributed by atoms with E-state index in [1.807, 2.05) is 0 Å². The maximum absolute atomic E-state index is 10.9. The monoisotopic (exact) mass is 177 g/mol. The van der Waals surface area contributed by atoms with Crippen molar-refractivity contribution in [3.63, 3.8) is 0 Å². The van der Waals surface area contributed by atoms with Gasteiger partial charge in [0, 0.05) is 12.1 Å². The molecule has 2 rings (SSSR count). The van der Waals surface area contributed by atoms with Crippen molar-refractivity contribution in [2.24, 2.45) is 5.73 Å². The normalized spacial score (nSPS) is 15.8. The highest BCUT2D eigenvalue weighted by atomic mass is 16.1. The molecule has 0 aliphatic heterocycles. The van der Waals surface area contributed by atoms with Crippen LogP contribution in [0.25, 0.3) is 0 Å². The van der Waals surface area contributed by atoms with Gasteiger partial charge in [-0.15, -0.1) is 0 Å². The van der Waals surface area contributed by atoms with Crippen LogP contribution in [0.2, 0.25) is 0 Å². The predicted molar refractivity (Wildman–Crippen MR) is 47.3 cm³/mol. The van der Waals surface area contributed by atoms with Crippen molar-refractivity contribution < 1.29 is 4.79 Å². The molecular formula is C9H11N3O. The summed E-state index contributed by atoms with van der Waals surface area (Å²) in [4.78, 5) is 19.2. The van der Waals surface area contributed by atoms with Crippen LogP contribution in [-0.4, -0.2) is 15.9 Å². The second-order valence-corrected chi connectivity index (χ2v) is 3.37. The van der Waals surface area contributed by atoms with Gasteiger partial charge in [0.15, 0.2) is 0 Å². The van der Waals surface area contributed by atoms with E-state index >= 15 is 0 Å². The van der Waals surface area contributed by atoms with E-state index in [1.54, 1.807) is 6.92 Å². The number of hydrogen-bond acceptors (Lipinski definition) is 3. The average molecular weight is 177 g/mol. The molecular weight excluding hydrogens is 166 g/mol. The van der Waals surface area contributed by atoms with Crippen LogP contribution < -0.4 is 5.73 Å². The molecule has 4 heteroatoms. The van der Waals surface area contributed by atoms with E-state index < -0.39 is 5.91 Å². The van der Waals surface area contributed by atoms with Crippen LogP contribution in [0.4, 0.5) is 0 Å². The zero-order chi connectivity index (χ0) is 9.42. The first-order valence-corrected chi connectivity index (χ1v) is 4.32. The largest absolute Gasteiger partial charge is 0.365 e. The number of carbonyl (C=O) groups is 1. The van der Waals surface area contributed by atoms with Crippen LogP contribution >= 0.6 is 0 Å². The molecule has 0 bridgehead atoms. The third-order valence-electron chi connectivity index (χ3n) is 2.21. The fourth-order valence-corrected chi connectivity index (χ4v) is 1.27. The van der Waals surface area contributed by atoms with E-state index in [4.69, 9.17) is 5.73 Å². The molecule has 0 spiro atoms. The van der Waals surface area contributed by atoms with Crippen molar-refractivity contribution >= 4 is 5.91 Å². The topological polar surface area (TPSA) is 68.9 Å². The van der Waals surface area contributed by atoms with E-state index in [0.717, 1.165) is 18.7 Å². The molecule has 4 nitrogen and oxygen atoms in total. The Morgan fingerprint density at radius 3 is 2.77 bits per heavy atom. The zero-order valence-corrected chi connectivity index (χ0v) is 7.45. The van der Waals surface area contributed by atoms with Crippen LogP contribution in [0.5, 0.6) is 0 Å². The molecule has 1 heterocycles. The lowest BCUT2D eigenvalue weighted by Gasteiger charge is -2.02. The SMILES string of the molecule is Cc1nc(C2CC2)ncc1C(N)=O. The molecule has 1 aliphatic carbocycles. The third-order valence-corrected chi connectivity index (χ3v) is 2.21. The lowest BCUT2D eigenvalue weighted by Crippen LogP contribution is -2.14. The number of carbonyl (C=O) groups excluding carboxylic acids is 1. The number of amides is 1. The van der Waals surface area contributed by atoms with Crippen molar-refractivity contribution in [1.82, 2.24) is 9.97 Å². The molecule has 0 saturated heterocycles. The van der Waals surface area contributed by atoms with Gasteiger partial charge in [-0.1, -0.05) is 0 Å². The van der Waals surface area contributed by atoms with E-state index in [1.165, 1.54) is 6.20 Å². The first kappa shape index (κ1) is 8.16. The Morgan fingerprint density at radius 2 is 2.31 bits per heavy atom. The summed E-state index contributed by atoms with van der Waals surface area (Å²) in [5.41, 5.74) is 6.24. The highest BCUT2D eigenvalue weighted by Crippen LogP contribution is 2.37. The maximum atomic E-state index is 10.9. The third kappa shape index (κ3) is 1.52. The van der Waals surface area contributed by atoms with Crippen LogP contribution in [0.1, 0.15) is 40.6 Å². The van der Waals surface area contributed by atoms with Gasteiger partial charge in [-0.05, 0) is 19.8 Å². The summed E-state index contributed by atoms with van der Waals surface area (Å²) in [5, 5.41) is 0. The molecule has 0 atom stereocenters. The fraction of sp³-hybridized carbons (Fsp3) is 0.444. The molecule has 0 unspecified atom stereocenters. The Hall–Kier alpha value is -1.45. The van der Waals surface area contributed by atoms with Gasteiger partial charge in [0.25, 0.3) is 5.91 Å². The number of rotatable bonds is 2. The second-order valence-electron chi connectivity index (χ2n) is 3.37. The van der Waals surface area contributed by atoms with Gasteiger partial charge in [-0.25, -0.2) is 9.97 Å². The van der Waals surface area contributed by atoms with Gasteiger partial charge in [0.1, 0.15) is 5.82 Å². The molecule has 0 radical (unpaired) electrons. The summed E-state index contributed by atoms with van der Waals surface area (Å²) in [6.45, 7) is 1.79. The summed E-state index contributed by atoms with van der Waals surface area (Å²) in [7, 11) is 0. The van der Waals surface area contributed by atoms with E-state index in [2.05, 4.69) is 9.97 Å². The number of aromatic nitrogens is 2. The quantitative estimate of drug-likeness (QED) is 0.725. The molecule has 0 aromatic carbocycles. The lowest BCUT2D eigenvalue weighted by molar-refractivity contribution is 0.0999. The Bertz CT molecular complexity index is 358. The molecule has 1 aliphatic rings. The highest BCUT2D eigenvalue weighted by Gasteiger charge is 2.26. The van der Waals surface area contributed by atoms with E-state index in [-0.39, 0.29) is 0 Å². The molecule has 1 fully saturated rings. The Balaban J connectivity index is 2.36. The Kier molecular flexibility index (Phi) is 1.76. The number of primary amides is 1. The van der Waals surface area contributed by atoms with Crippen LogP contribution in [-0.2, 0) is 0 Å². The van der Waals surface area contributed by atoms with Crippen molar-refractivity contribution in [3.8, 4) is 0 Å². The molecule has 1 amide bonds. The van der Waals surface area contributed by atoms with Gasteiger partial charge in [0.05, 0.1) is 11.3 Å². The number of nitrogens with two attached hydrogens (primary N) is 1.